The van der Waals surface area contributed by atoms with Crippen LogP contribution in [0.4, 0.5) is 0 Å². The minimum atomic E-state index is 0.820. The average Bonchev–Trinajstić information content (AvgIpc) is 2.10. The highest BCUT2D eigenvalue weighted by Crippen LogP contribution is 2.04. The smallest absolute Gasteiger partial charge is 0.000683 e. The molecule has 0 unspecified atom stereocenters. The fraction of sp³-hybridized carbons (Fsp3) is 1.00. The lowest BCUT2D eigenvalue weighted by atomic mass is 10.1. The lowest BCUT2D eigenvalue weighted by molar-refractivity contribution is 0.274. The van der Waals surface area contributed by atoms with Crippen molar-refractivity contribution in [2.75, 3.05) is 26.2 Å². The Balaban J connectivity index is 3.36. The number of rotatable bonds is 8. The predicted octanol–water partition coefficient (Wildman–Crippen LogP) is 2.09. The van der Waals surface area contributed by atoms with Gasteiger partial charge < -0.3 is 10.6 Å². The predicted molar refractivity (Wildman–Crippen MR) is 59.9 cm³/mol. The molecule has 2 heteroatoms. The second-order valence-corrected chi connectivity index (χ2v) is 4.11. The van der Waals surface area contributed by atoms with Crippen LogP contribution in [0.1, 0.15) is 40.0 Å². The molecule has 0 radical (unpaired) electrons. The Morgan fingerprint density at radius 2 is 1.77 bits per heavy atom. The van der Waals surface area contributed by atoms with E-state index in [1.54, 1.807) is 0 Å². The van der Waals surface area contributed by atoms with E-state index in [-0.39, 0.29) is 0 Å². The van der Waals surface area contributed by atoms with Crippen molar-refractivity contribution in [2.24, 2.45) is 11.7 Å². The summed E-state index contributed by atoms with van der Waals surface area (Å²) in [5, 5.41) is 0. The summed E-state index contributed by atoms with van der Waals surface area (Å²) < 4.78 is 0. The molecule has 0 aromatic carbocycles. The first kappa shape index (κ1) is 12.9. The van der Waals surface area contributed by atoms with E-state index in [1.807, 2.05) is 0 Å². The molecule has 0 rings (SSSR count). The van der Waals surface area contributed by atoms with E-state index in [9.17, 15) is 0 Å². The van der Waals surface area contributed by atoms with Crippen LogP contribution in [0.2, 0.25) is 0 Å². The lowest BCUT2D eigenvalue weighted by Gasteiger charge is -2.20. The summed E-state index contributed by atoms with van der Waals surface area (Å²) in [5.74, 6) is 0.841. The van der Waals surface area contributed by atoms with Gasteiger partial charge in [0.05, 0.1) is 0 Å². The van der Waals surface area contributed by atoms with E-state index >= 15 is 0 Å². The molecule has 13 heavy (non-hydrogen) atoms. The first-order chi connectivity index (χ1) is 6.20. The number of hydrogen-bond donors (Lipinski definition) is 1. The highest BCUT2D eigenvalue weighted by Gasteiger charge is 2.01. The van der Waals surface area contributed by atoms with Crippen LogP contribution in [-0.2, 0) is 0 Å². The molecule has 0 aliphatic rings. The van der Waals surface area contributed by atoms with Crippen molar-refractivity contribution in [1.82, 2.24) is 4.90 Å². The van der Waals surface area contributed by atoms with E-state index in [0.717, 1.165) is 25.4 Å². The van der Waals surface area contributed by atoms with Gasteiger partial charge in [0.25, 0.3) is 0 Å². The summed E-state index contributed by atoms with van der Waals surface area (Å²) in [6, 6.07) is 0. The summed E-state index contributed by atoms with van der Waals surface area (Å²) in [5.41, 5.74) is 5.48. The standard InChI is InChI=1S/C11H26N2/c1-4-13(10-6-8-12)9-5-7-11(2)3/h11H,4-10,12H2,1-3H3. The summed E-state index contributed by atoms with van der Waals surface area (Å²) in [7, 11) is 0. The maximum Gasteiger partial charge on any atom is -0.000683 e. The topological polar surface area (TPSA) is 29.3 Å². The van der Waals surface area contributed by atoms with Crippen molar-refractivity contribution in [3.8, 4) is 0 Å². The third-order valence-electron chi connectivity index (χ3n) is 2.38. The Kier molecular flexibility index (Phi) is 8.46. The molecule has 0 saturated heterocycles. The van der Waals surface area contributed by atoms with Crippen LogP contribution in [0.5, 0.6) is 0 Å². The monoisotopic (exact) mass is 186 g/mol. The zero-order valence-electron chi connectivity index (χ0n) is 9.55. The summed E-state index contributed by atoms with van der Waals surface area (Å²) in [6.07, 6.45) is 3.81. The molecule has 2 N–H and O–H groups in total. The molecular weight excluding hydrogens is 160 g/mol. The van der Waals surface area contributed by atoms with Gasteiger partial charge in [0.15, 0.2) is 0 Å². The molecular formula is C11H26N2. The summed E-state index contributed by atoms with van der Waals surface area (Å²) in [4.78, 5) is 2.50. The SMILES string of the molecule is CCN(CCCN)CCCC(C)C. The molecule has 0 saturated carbocycles. The third kappa shape index (κ3) is 8.26. The Bertz CT molecular complexity index is 102. The van der Waals surface area contributed by atoms with Crippen molar-refractivity contribution in [2.45, 2.75) is 40.0 Å². The van der Waals surface area contributed by atoms with Gasteiger partial charge in [-0.05, 0) is 51.4 Å². The maximum atomic E-state index is 5.48. The van der Waals surface area contributed by atoms with Gasteiger partial charge in [-0.15, -0.1) is 0 Å². The third-order valence-corrected chi connectivity index (χ3v) is 2.38. The highest BCUT2D eigenvalue weighted by atomic mass is 15.1. The second kappa shape index (κ2) is 8.52. The summed E-state index contributed by atoms with van der Waals surface area (Å²) in [6.45, 7) is 11.2. The zero-order valence-corrected chi connectivity index (χ0v) is 9.55. The number of hydrogen-bond acceptors (Lipinski definition) is 2. The summed E-state index contributed by atoms with van der Waals surface area (Å²) >= 11 is 0. The highest BCUT2D eigenvalue weighted by molar-refractivity contribution is 4.57. The van der Waals surface area contributed by atoms with Gasteiger partial charge in [-0.1, -0.05) is 20.8 Å². The van der Waals surface area contributed by atoms with Crippen molar-refractivity contribution >= 4 is 0 Å². The Morgan fingerprint density at radius 1 is 1.15 bits per heavy atom. The number of nitrogens with zero attached hydrogens (tertiary/aromatic N) is 1. The first-order valence-corrected chi connectivity index (χ1v) is 5.63. The Morgan fingerprint density at radius 3 is 2.23 bits per heavy atom. The van der Waals surface area contributed by atoms with Crippen molar-refractivity contribution in [1.29, 1.82) is 0 Å². The molecule has 0 amide bonds. The molecule has 80 valence electrons. The fourth-order valence-corrected chi connectivity index (χ4v) is 1.47. The Hall–Kier alpha value is -0.0800. The molecule has 0 aromatic heterocycles. The molecule has 0 fully saturated rings. The van der Waals surface area contributed by atoms with E-state index in [4.69, 9.17) is 5.73 Å². The van der Waals surface area contributed by atoms with Crippen LogP contribution < -0.4 is 5.73 Å². The maximum absolute atomic E-state index is 5.48. The van der Waals surface area contributed by atoms with Crippen LogP contribution in [0.3, 0.4) is 0 Å². The van der Waals surface area contributed by atoms with E-state index in [0.29, 0.717) is 0 Å². The molecule has 2 nitrogen and oxygen atoms in total. The molecule has 0 atom stereocenters. The number of nitrogens with two attached hydrogens (primary N) is 1. The molecule has 0 heterocycles. The van der Waals surface area contributed by atoms with Crippen molar-refractivity contribution in [3.63, 3.8) is 0 Å². The zero-order chi connectivity index (χ0) is 10.1. The second-order valence-electron chi connectivity index (χ2n) is 4.11. The Labute approximate surface area is 83.5 Å². The first-order valence-electron chi connectivity index (χ1n) is 5.63. The molecule has 0 aliphatic heterocycles. The van der Waals surface area contributed by atoms with Crippen molar-refractivity contribution < 1.29 is 0 Å². The van der Waals surface area contributed by atoms with E-state index in [2.05, 4.69) is 25.7 Å². The van der Waals surface area contributed by atoms with E-state index in [1.165, 1.54) is 25.9 Å². The largest absolute Gasteiger partial charge is 0.330 e. The fourth-order valence-electron chi connectivity index (χ4n) is 1.47. The molecule has 0 aliphatic carbocycles. The average molecular weight is 186 g/mol. The van der Waals surface area contributed by atoms with Crippen LogP contribution in [-0.4, -0.2) is 31.1 Å². The quantitative estimate of drug-likeness (QED) is 0.629. The van der Waals surface area contributed by atoms with Gasteiger partial charge in [-0.25, -0.2) is 0 Å². The van der Waals surface area contributed by atoms with Gasteiger partial charge in [-0.2, -0.15) is 0 Å². The minimum absolute atomic E-state index is 0.820. The van der Waals surface area contributed by atoms with Gasteiger partial charge >= 0.3 is 0 Å². The normalized spacial score (nSPS) is 11.5. The van der Waals surface area contributed by atoms with Crippen LogP contribution in [0, 0.1) is 5.92 Å². The molecule has 0 spiro atoms. The van der Waals surface area contributed by atoms with Crippen LogP contribution in [0.15, 0.2) is 0 Å². The van der Waals surface area contributed by atoms with Gasteiger partial charge in [0, 0.05) is 0 Å². The minimum Gasteiger partial charge on any atom is -0.330 e. The van der Waals surface area contributed by atoms with Crippen LogP contribution >= 0.6 is 0 Å². The lowest BCUT2D eigenvalue weighted by Crippen LogP contribution is -2.27. The van der Waals surface area contributed by atoms with Gasteiger partial charge in [0.1, 0.15) is 0 Å². The molecule has 0 aromatic rings. The van der Waals surface area contributed by atoms with E-state index < -0.39 is 0 Å². The van der Waals surface area contributed by atoms with Gasteiger partial charge in [-0.3, -0.25) is 0 Å². The van der Waals surface area contributed by atoms with Crippen LogP contribution in [0.25, 0.3) is 0 Å². The molecule has 0 bridgehead atoms. The van der Waals surface area contributed by atoms with Gasteiger partial charge in [0.2, 0.25) is 0 Å². The van der Waals surface area contributed by atoms with Crippen molar-refractivity contribution in [3.05, 3.63) is 0 Å².